The van der Waals surface area contributed by atoms with Crippen LogP contribution in [0.15, 0.2) is 4.99 Å². The molecule has 1 aliphatic heterocycles. The number of hydrogen-bond acceptors (Lipinski definition) is 3. The SMILES string of the molecule is CN=C(NCC(=O)NC(C)(C)C)N1CC(=O)N(C(C)C)C(C)(C)C1.I. The van der Waals surface area contributed by atoms with Crippen molar-refractivity contribution >= 4 is 41.8 Å². The molecule has 1 saturated heterocycles. The molecule has 0 atom stereocenters. The monoisotopic (exact) mass is 467 g/mol. The van der Waals surface area contributed by atoms with E-state index in [1.165, 1.54) is 0 Å². The van der Waals surface area contributed by atoms with E-state index in [1.807, 2.05) is 44.4 Å². The molecule has 0 aromatic carbocycles. The zero-order valence-electron chi connectivity index (χ0n) is 16.8. The summed E-state index contributed by atoms with van der Waals surface area (Å²) in [5, 5.41) is 5.96. The van der Waals surface area contributed by atoms with Gasteiger partial charge in [0, 0.05) is 25.2 Å². The molecule has 2 N–H and O–H groups in total. The lowest BCUT2D eigenvalue weighted by molar-refractivity contribution is -0.145. The van der Waals surface area contributed by atoms with Crippen molar-refractivity contribution in [3.8, 4) is 0 Å². The largest absolute Gasteiger partial charge is 0.350 e. The second kappa shape index (κ2) is 9.05. The molecule has 8 heteroatoms. The maximum absolute atomic E-state index is 12.5. The van der Waals surface area contributed by atoms with Crippen LogP contribution in [0.1, 0.15) is 48.5 Å². The standard InChI is InChI=1S/C17H33N5O2.HI/c1-12(2)22-14(24)10-21(11-17(22,6)7)15(18-8)19-9-13(23)20-16(3,4)5;/h12H,9-11H2,1-8H3,(H,18,19)(H,20,23);1H. The lowest BCUT2D eigenvalue weighted by Crippen LogP contribution is -2.66. The third-order valence-electron chi connectivity index (χ3n) is 3.77. The number of rotatable bonds is 3. The first-order valence-corrected chi connectivity index (χ1v) is 8.46. The molecule has 0 bridgehead atoms. The summed E-state index contributed by atoms with van der Waals surface area (Å²) in [6.45, 7) is 15.0. The molecule has 0 aliphatic carbocycles. The summed E-state index contributed by atoms with van der Waals surface area (Å²) in [5.74, 6) is 0.544. The van der Waals surface area contributed by atoms with Gasteiger partial charge in [-0.2, -0.15) is 0 Å². The average Bonchev–Trinajstić information content (AvgIpc) is 2.34. The van der Waals surface area contributed by atoms with Gasteiger partial charge in [0.25, 0.3) is 0 Å². The molecule has 0 aromatic rings. The van der Waals surface area contributed by atoms with Gasteiger partial charge in [-0.1, -0.05) is 0 Å². The van der Waals surface area contributed by atoms with Crippen molar-refractivity contribution in [2.45, 2.75) is 65.6 Å². The maximum Gasteiger partial charge on any atom is 0.242 e. The van der Waals surface area contributed by atoms with Crippen LogP contribution in [-0.2, 0) is 9.59 Å². The number of hydrogen-bond donors (Lipinski definition) is 2. The second-order valence-corrected chi connectivity index (χ2v) is 8.22. The summed E-state index contributed by atoms with van der Waals surface area (Å²) in [4.78, 5) is 32.6. The number of nitrogens with zero attached hydrogens (tertiary/aromatic N) is 3. The molecule has 0 saturated carbocycles. The van der Waals surface area contributed by atoms with Crippen molar-refractivity contribution in [1.82, 2.24) is 20.4 Å². The van der Waals surface area contributed by atoms with E-state index < -0.39 is 0 Å². The molecule has 1 aliphatic rings. The summed E-state index contributed by atoms with van der Waals surface area (Å²) in [7, 11) is 1.66. The molecule has 7 nitrogen and oxygen atoms in total. The molecule has 2 amide bonds. The van der Waals surface area contributed by atoms with Crippen LogP contribution < -0.4 is 10.6 Å². The van der Waals surface area contributed by atoms with Crippen molar-refractivity contribution in [3.05, 3.63) is 0 Å². The molecule has 1 fully saturated rings. The minimum atomic E-state index is -0.297. The summed E-state index contributed by atoms with van der Waals surface area (Å²) >= 11 is 0. The highest BCUT2D eigenvalue weighted by atomic mass is 127. The molecule has 0 aromatic heterocycles. The Kier molecular flexibility index (Phi) is 8.66. The van der Waals surface area contributed by atoms with Crippen LogP contribution in [0.25, 0.3) is 0 Å². The highest BCUT2D eigenvalue weighted by molar-refractivity contribution is 14.0. The van der Waals surface area contributed by atoms with E-state index in [0.29, 0.717) is 12.5 Å². The molecule has 0 unspecified atom stereocenters. The molecule has 25 heavy (non-hydrogen) atoms. The van der Waals surface area contributed by atoms with Crippen molar-refractivity contribution in [1.29, 1.82) is 0 Å². The van der Waals surface area contributed by atoms with Gasteiger partial charge in [0.1, 0.15) is 0 Å². The van der Waals surface area contributed by atoms with E-state index in [4.69, 9.17) is 0 Å². The third kappa shape index (κ3) is 6.99. The summed E-state index contributed by atoms with van der Waals surface area (Å²) < 4.78 is 0. The van der Waals surface area contributed by atoms with E-state index in [2.05, 4.69) is 29.5 Å². The Bertz CT molecular complexity index is 512. The molecule has 1 heterocycles. The summed E-state index contributed by atoms with van der Waals surface area (Å²) in [6, 6.07) is 0.155. The summed E-state index contributed by atoms with van der Waals surface area (Å²) in [5.41, 5.74) is -0.572. The van der Waals surface area contributed by atoms with Gasteiger partial charge in [-0.15, -0.1) is 24.0 Å². The molecule has 146 valence electrons. The van der Waals surface area contributed by atoms with Gasteiger partial charge in [-0.25, -0.2) is 0 Å². The van der Waals surface area contributed by atoms with E-state index in [1.54, 1.807) is 7.05 Å². The number of nitrogens with one attached hydrogen (secondary N) is 2. The van der Waals surface area contributed by atoms with Crippen molar-refractivity contribution in [3.63, 3.8) is 0 Å². The van der Waals surface area contributed by atoms with Crippen LogP contribution >= 0.6 is 24.0 Å². The number of halogens is 1. The fourth-order valence-corrected chi connectivity index (χ4v) is 3.27. The van der Waals surface area contributed by atoms with E-state index in [-0.39, 0.29) is 66.0 Å². The topological polar surface area (TPSA) is 77.0 Å². The quantitative estimate of drug-likeness (QED) is 0.374. The number of carbonyl (C=O) groups is 2. The first-order valence-electron chi connectivity index (χ1n) is 8.46. The highest BCUT2D eigenvalue weighted by Gasteiger charge is 2.40. The lowest BCUT2D eigenvalue weighted by Gasteiger charge is -2.49. The number of piperazine rings is 1. The number of carbonyl (C=O) groups excluding carboxylic acids is 2. The lowest BCUT2D eigenvalue weighted by atomic mass is 9.96. The Morgan fingerprint density at radius 1 is 1.32 bits per heavy atom. The number of aliphatic imine (C=N–C) groups is 1. The van der Waals surface area contributed by atoms with Crippen molar-refractivity contribution in [2.24, 2.45) is 4.99 Å². The average molecular weight is 467 g/mol. The van der Waals surface area contributed by atoms with Crippen molar-refractivity contribution in [2.75, 3.05) is 26.7 Å². The molecule has 0 radical (unpaired) electrons. The second-order valence-electron chi connectivity index (χ2n) is 8.22. The van der Waals surface area contributed by atoms with Gasteiger partial charge in [0.15, 0.2) is 5.96 Å². The summed E-state index contributed by atoms with van der Waals surface area (Å²) in [6.07, 6.45) is 0. The first-order chi connectivity index (χ1) is 10.9. The van der Waals surface area contributed by atoms with Gasteiger partial charge >= 0.3 is 0 Å². The predicted octanol–water partition coefficient (Wildman–Crippen LogP) is 1.43. The van der Waals surface area contributed by atoms with Gasteiger partial charge in [0.05, 0.1) is 18.6 Å². The normalized spacial score (nSPS) is 18.1. The van der Waals surface area contributed by atoms with Crippen LogP contribution in [-0.4, -0.2) is 71.4 Å². The van der Waals surface area contributed by atoms with Crippen LogP contribution in [0.5, 0.6) is 0 Å². The number of amides is 2. The van der Waals surface area contributed by atoms with Gasteiger partial charge in [-0.05, 0) is 48.5 Å². The van der Waals surface area contributed by atoms with Gasteiger partial charge in [0.2, 0.25) is 11.8 Å². The Balaban J connectivity index is 0.00000576. The van der Waals surface area contributed by atoms with Crippen LogP contribution in [0.4, 0.5) is 0 Å². The van der Waals surface area contributed by atoms with E-state index in [9.17, 15) is 9.59 Å². The zero-order valence-corrected chi connectivity index (χ0v) is 19.1. The molecular formula is C17H34IN5O2. The zero-order chi connectivity index (χ0) is 18.7. The van der Waals surface area contributed by atoms with Gasteiger partial charge < -0.3 is 20.4 Å². The molecule has 1 rings (SSSR count). The smallest absolute Gasteiger partial charge is 0.242 e. The Morgan fingerprint density at radius 3 is 2.28 bits per heavy atom. The third-order valence-corrected chi connectivity index (χ3v) is 3.77. The Labute approximate surface area is 169 Å². The van der Waals surface area contributed by atoms with Gasteiger partial charge in [-0.3, -0.25) is 14.6 Å². The maximum atomic E-state index is 12.5. The van der Waals surface area contributed by atoms with E-state index >= 15 is 0 Å². The van der Waals surface area contributed by atoms with E-state index in [0.717, 1.165) is 0 Å². The fraction of sp³-hybridized carbons (Fsp3) is 0.824. The number of guanidine groups is 1. The first kappa shape index (κ1) is 23.9. The van der Waals surface area contributed by atoms with Crippen molar-refractivity contribution < 1.29 is 9.59 Å². The molecular weight excluding hydrogens is 433 g/mol. The fourth-order valence-electron chi connectivity index (χ4n) is 3.27. The highest BCUT2D eigenvalue weighted by Crippen LogP contribution is 2.24. The minimum absolute atomic E-state index is 0. The minimum Gasteiger partial charge on any atom is -0.350 e. The Hall–Kier alpha value is -1.06. The van der Waals surface area contributed by atoms with Crippen LogP contribution in [0.3, 0.4) is 0 Å². The molecule has 0 spiro atoms. The Morgan fingerprint density at radius 2 is 1.88 bits per heavy atom. The predicted molar refractivity (Wildman–Crippen MR) is 112 cm³/mol. The van der Waals surface area contributed by atoms with Crippen LogP contribution in [0, 0.1) is 0 Å². The van der Waals surface area contributed by atoms with Crippen LogP contribution in [0.2, 0.25) is 0 Å².